The third-order valence-corrected chi connectivity index (χ3v) is 4.56. The molecule has 1 amide bonds. The van der Waals surface area contributed by atoms with Gasteiger partial charge in [-0.05, 0) is 24.6 Å². The second-order valence-electron chi connectivity index (χ2n) is 6.60. The topological polar surface area (TPSA) is 77.1 Å². The van der Waals surface area contributed by atoms with E-state index in [2.05, 4.69) is 5.32 Å². The number of carbonyl (C=O) groups excluding carboxylic acids is 2. The van der Waals surface area contributed by atoms with E-state index in [1.54, 1.807) is 36.1 Å². The quantitative estimate of drug-likeness (QED) is 0.640. The van der Waals surface area contributed by atoms with E-state index in [4.69, 9.17) is 25.8 Å². The van der Waals surface area contributed by atoms with E-state index >= 15 is 0 Å². The lowest BCUT2D eigenvalue weighted by Crippen LogP contribution is -2.37. The Balaban J connectivity index is 1.68. The SMILES string of the molecule is CCOC(=O)CN(CC(=O)Nc1cc2c(cc1Cl)OCCO2)Cc1ccc(F)cc1. The Kier molecular flexibility index (Phi) is 7.48. The van der Waals surface area contributed by atoms with Crippen LogP contribution in [0.1, 0.15) is 12.5 Å². The molecule has 0 spiro atoms. The molecule has 0 aliphatic carbocycles. The maximum absolute atomic E-state index is 13.2. The van der Waals surface area contributed by atoms with Gasteiger partial charge in [-0.15, -0.1) is 0 Å². The highest BCUT2D eigenvalue weighted by Crippen LogP contribution is 2.37. The highest BCUT2D eigenvalue weighted by Gasteiger charge is 2.19. The lowest BCUT2D eigenvalue weighted by atomic mass is 10.2. The molecular weight excluding hydrogens is 415 g/mol. The fourth-order valence-electron chi connectivity index (χ4n) is 2.96. The first-order valence-electron chi connectivity index (χ1n) is 9.46. The number of carbonyl (C=O) groups is 2. The summed E-state index contributed by atoms with van der Waals surface area (Å²) in [6, 6.07) is 9.04. The van der Waals surface area contributed by atoms with Crippen molar-refractivity contribution in [2.24, 2.45) is 0 Å². The zero-order valence-electron chi connectivity index (χ0n) is 16.5. The number of rotatable bonds is 8. The molecule has 0 atom stereocenters. The van der Waals surface area contributed by atoms with Crippen LogP contribution < -0.4 is 14.8 Å². The molecule has 1 aliphatic heterocycles. The summed E-state index contributed by atoms with van der Waals surface area (Å²) >= 11 is 6.24. The van der Waals surface area contributed by atoms with Crippen LogP contribution in [0.5, 0.6) is 11.5 Å². The van der Waals surface area contributed by atoms with Gasteiger partial charge in [0.25, 0.3) is 0 Å². The molecule has 2 aromatic carbocycles. The molecule has 0 bridgehead atoms. The monoisotopic (exact) mass is 436 g/mol. The lowest BCUT2D eigenvalue weighted by Gasteiger charge is -2.22. The summed E-state index contributed by atoms with van der Waals surface area (Å²) < 4.78 is 29.1. The predicted molar refractivity (Wildman–Crippen MR) is 109 cm³/mol. The van der Waals surface area contributed by atoms with E-state index in [1.807, 2.05) is 0 Å². The minimum Gasteiger partial charge on any atom is -0.486 e. The molecule has 0 aromatic heterocycles. The number of benzene rings is 2. The number of hydrogen-bond acceptors (Lipinski definition) is 6. The third-order valence-electron chi connectivity index (χ3n) is 4.25. The lowest BCUT2D eigenvalue weighted by molar-refractivity contribution is -0.144. The Labute approximate surface area is 178 Å². The molecule has 0 radical (unpaired) electrons. The second kappa shape index (κ2) is 10.3. The summed E-state index contributed by atoms with van der Waals surface area (Å²) in [5, 5.41) is 3.04. The fraction of sp³-hybridized carbons (Fsp3) is 0.333. The summed E-state index contributed by atoms with van der Waals surface area (Å²) in [7, 11) is 0. The first kappa shape index (κ1) is 21.9. The Bertz CT molecular complexity index is 907. The summed E-state index contributed by atoms with van der Waals surface area (Å²) in [6.07, 6.45) is 0. The number of amides is 1. The molecule has 160 valence electrons. The van der Waals surface area contributed by atoms with Crippen molar-refractivity contribution >= 4 is 29.2 Å². The average molecular weight is 437 g/mol. The zero-order valence-corrected chi connectivity index (χ0v) is 17.2. The van der Waals surface area contributed by atoms with Gasteiger partial charge in [-0.25, -0.2) is 4.39 Å². The van der Waals surface area contributed by atoms with Crippen molar-refractivity contribution < 1.29 is 28.2 Å². The van der Waals surface area contributed by atoms with Crippen molar-refractivity contribution in [1.82, 2.24) is 4.90 Å². The molecule has 7 nitrogen and oxygen atoms in total. The number of ether oxygens (including phenoxy) is 3. The van der Waals surface area contributed by atoms with Gasteiger partial charge in [0.15, 0.2) is 11.5 Å². The minimum absolute atomic E-state index is 0.0898. The standard InChI is InChI=1S/C21H22ClFN2O5/c1-2-28-21(27)13-25(11-14-3-5-15(23)6-4-14)12-20(26)24-17-10-19-18(9-16(17)22)29-7-8-30-19/h3-6,9-10H,2,7-8,11-13H2,1H3,(H,24,26). The number of nitrogens with zero attached hydrogens (tertiary/aromatic N) is 1. The Morgan fingerprint density at radius 2 is 1.80 bits per heavy atom. The Morgan fingerprint density at radius 1 is 1.13 bits per heavy atom. The second-order valence-corrected chi connectivity index (χ2v) is 7.01. The van der Waals surface area contributed by atoms with E-state index in [-0.39, 0.29) is 38.0 Å². The van der Waals surface area contributed by atoms with Crippen LogP contribution in [0.25, 0.3) is 0 Å². The number of hydrogen-bond donors (Lipinski definition) is 1. The highest BCUT2D eigenvalue weighted by molar-refractivity contribution is 6.34. The normalized spacial score (nSPS) is 12.5. The summed E-state index contributed by atoms with van der Waals surface area (Å²) in [5.74, 6) is -0.174. The molecule has 0 saturated carbocycles. The zero-order chi connectivity index (χ0) is 21.5. The molecule has 30 heavy (non-hydrogen) atoms. The van der Waals surface area contributed by atoms with Crippen LogP contribution in [0.2, 0.25) is 5.02 Å². The van der Waals surface area contributed by atoms with Gasteiger partial charge in [-0.1, -0.05) is 23.7 Å². The molecular formula is C21H22ClFN2O5. The van der Waals surface area contributed by atoms with E-state index in [9.17, 15) is 14.0 Å². The number of esters is 1. The van der Waals surface area contributed by atoms with E-state index < -0.39 is 5.97 Å². The predicted octanol–water partition coefficient (Wildman–Crippen LogP) is 3.25. The van der Waals surface area contributed by atoms with Gasteiger partial charge in [-0.3, -0.25) is 14.5 Å². The number of fused-ring (bicyclic) bond motifs is 1. The highest BCUT2D eigenvalue weighted by atomic mass is 35.5. The van der Waals surface area contributed by atoms with Crippen LogP contribution >= 0.6 is 11.6 Å². The van der Waals surface area contributed by atoms with Crippen molar-refractivity contribution in [2.75, 3.05) is 38.2 Å². The van der Waals surface area contributed by atoms with Crippen molar-refractivity contribution in [1.29, 1.82) is 0 Å². The average Bonchev–Trinajstić information content (AvgIpc) is 2.70. The van der Waals surface area contributed by atoms with Crippen molar-refractivity contribution in [2.45, 2.75) is 13.5 Å². The van der Waals surface area contributed by atoms with Gasteiger partial charge < -0.3 is 19.5 Å². The summed E-state index contributed by atoms with van der Waals surface area (Å²) in [4.78, 5) is 26.2. The van der Waals surface area contributed by atoms with Crippen LogP contribution in [0, 0.1) is 5.82 Å². The maximum Gasteiger partial charge on any atom is 0.320 e. The fourth-order valence-corrected chi connectivity index (χ4v) is 3.16. The van der Waals surface area contributed by atoms with Crippen molar-refractivity contribution in [3.05, 3.63) is 52.8 Å². The molecule has 0 saturated heterocycles. The van der Waals surface area contributed by atoms with Gasteiger partial charge >= 0.3 is 5.97 Å². The molecule has 9 heteroatoms. The molecule has 1 heterocycles. The molecule has 1 N–H and O–H groups in total. The van der Waals surface area contributed by atoms with Crippen LogP contribution in [-0.4, -0.2) is 49.7 Å². The van der Waals surface area contributed by atoms with Gasteiger partial charge in [0.05, 0.1) is 30.4 Å². The van der Waals surface area contributed by atoms with E-state index in [1.165, 1.54) is 12.1 Å². The Morgan fingerprint density at radius 3 is 2.47 bits per heavy atom. The van der Waals surface area contributed by atoms with Gasteiger partial charge in [0.1, 0.15) is 19.0 Å². The van der Waals surface area contributed by atoms with Gasteiger partial charge in [0, 0.05) is 18.7 Å². The third kappa shape index (κ3) is 6.08. The number of anilines is 1. The number of halogens is 2. The molecule has 2 aromatic rings. The van der Waals surface area contributed by atoms with Gasteiger partial charge in [0.2, 0.25) is 5.91 Å². The van der Waals surface area contributed by atoms with Gasteiger partial charge in [-0.2, -0.15) is 0 Å². The Hall–Kier alpha value is -2.84. The number of nitrogens with one attached hydrogen (secondary N) is 1. The van der Waals surface area contributed by atoms with Crippen molar-refractivity contribution in [3.63, 3.8) is 0 Å². The summed E-state index contributed by atoms with van der Waals surface area (Å²) in [5.41, 5.74) is 1.13. The van der Waals surface area contributed by atoms with Crippen molar-refractivity contribution in [3.8, 4) is 11.5 Å². The first-order chi connectivity index (χ1) is 14.4. The molecule has 0 unspecified atom stereocenters. The minimum atomic E-state index is -0.454. The summed E-state index contributed by atoms with van der Waals surface area (Å²) in [6.45, 7) is 2.87. The van der Waals surface area contributed by atoms with Crippen LogP contribution in [0.15, 0.2) is 36.4 Å². The van der Waals surface area contributed by atoms with Crippen LogP contribution in [0.4, 0.5) is 10.1 Å². The first-order valence-corrected chi connectivity index (χ1v) is 9.84. The van der Waals surface area contributed by atoms with E-state index in [0.29, 0.717) is 35.4 Å². The molecule has 0 fully saturated rings. The largest absolute Gasteiger partial charge is 0.486 e. The van der Waals surface area contributed by atoms with Crippen LogP contribution in [-0.2, 0) is 20.9 Å². The smallest absolute Gasteiger partial charge is 0.320 e. The van der Waals surface area contributed by atoms with E-state index in [0.717, 1.165) is 5.56 Å². The molecule has 1 aliphatic rings. The molecule has 3 rings (SSSR count). The maximum atomic E-state index is 13.2. The van der Waals surface area contributed by atoms with Crippen LogP contribution in [0.3, 0.4) is 0 Å².